The van der Waals surface area contributed by atoms with Crippen molar-refractivity contribution < 1.29 is 72.4 Å². The molecule has 0 amide bonds. The van der Waals surface area contributed by atoms with E-state index in [-0.39, 0.29) is 0 Å². The van der Waals surface area contributed by atoms with Crippen LogP contribution in [0.2, 0.25) is 0 Å². The van der Waals surface area contributed by atoms with Crippen molar-refractivity contribution in [1.29, 1.82) is 0 Å². The van der Waals surface area contributed by atoms with Crippen LogP contribution in [-0.4, -0.2) is 137 Å². The van der Waals surface area contributed by atoms with Gasteiger partial charge in [-0.05, 0) is 19.6 Å². The van der Waals surface area contributed by atoms with E-state index in [1.807, 2.05) is 4.98 Å². The molecule has 2 aliphatic heterocycles. The van der Waals surface area contributed by atoms with Gasteiger partial charge in [-0.2, -0.15) is 4.31 Å². The number of phosphoric ester groups is 2. The van der Waals surface area contributed by atoms with Crippen molar-refractivity contribution in [3.63, 3.8) is 0 Å². The summed E-state index contributed by atoms with van der Waals surface area (Å²) in [5.41, 5.74) is -1.74. The lowest BCUT2D eigenvalue weighted by molar-refractivity contribution is -0.245. The van der Waals surface area contributed by atoms with Crippen molar-refractivity contribution in [2.75, 3.05) is 39.5 Å². The first-order chi connectivity index (χ1) is 19.9. The number of nitrogens with zero attached hydrogens (tertiary/aromatic N) is 2. The van der Waals surface area contributed by atoms with Crippen molar-refractivity contribution in [3.8, 4) is 0 Å². The molecule has 0 radical (unpaired) electrons. The molecule has 0 saturated carbocycles. The lowest BCUT2D eigenvalue weighted by Gasteiger charge is -2.26. The molecule has 20 nitrogen and oxygen atoms in total. The van der Waals surface area contributed by atoms with Crippen LogP contribution >= 0.6 is 15.6 Å². The highest BCUT2D eigenvalue weighted by atomic mass is 31.3. The van der Waals surface area contributed by atoms with Crippen molar-refractivity contribution >= 4 is 15.6 Å². The van der Waals surface area contributed by atoms with Crippen molar-refractivity contribution in [2.24, 2.45) is 0 Å². The van der Waals surface area contributed by atoms with E-state index >= 15 is 0 Å². The summed E-state index contributed by atoms with van der Waals surface area (Å²) in [7, 11) is -11.0. The van der Waals surface area contributed by atoms with Gasteiger partial charge in [0.2, 0.25) is 5.79 Å². The summed E-state index contributed by atoms with van der Waals surface area (Å²) >= 11 is 0. The molecule has 1 aromatic rings. The second-order valence-electron chi connectivity index (χ2n) is 9.39. The highest BCUT2D eigenvalue weighted by molar-refractivity contribution is 7.61. The smallest absolute Gasteiger partial charge is 0.394 e. The summed E-state index contributed by atoms with van der Waals surface area (Å²) in [6.45, 7) is 6.91. The summed E-state index contributed by atoms with van der Waals surface area (Å²) in [5, 5.41) is 58.8. The molecule has 22 heteroatoms. The normalized spacial score (nSPS) is 33.5. The average Bonchev–Trinajstić information content (AvgIpc) is 3.34. The van der Waals surface area contributed by atoms with E-state index in [4.69, 9.17) is 14.6 Å². The van der Waals surface area contributed by atoms with Gasteiger partial charge >= 0.3 is 21.3 Å². The maximum atomic E-state index is 12.1. The fraction of sp³-hybridized carbons (Fsp3) is 0.810. The molecule has 2 unspecified atom stereocenters. The molecule has 0 aromatic carbocycles. The molecule has 2 saturated heterocycles. The van der Waals surface area contributed by atoms with E-state index < -0.39 is 95.4 Å². The zero-order valence-corrected chi connectivity index (χ0v) is 25.3. The fourth-order valence-electron chi connectivity index (χ4n) is 4.05. The molecule has 3 rings (SSSR count). The largest absolute Gasteiger partial charge is 0.481 e. The van der Waals surface area contributed by atoms with Gasteiger partial charge in [-0.15, -0.1) is 0 Å². The quantitative estimate of drug-likeness (QED) is 0.0924. The Balaban J connectivity index is 0.000000821. The average molecular weight is 667 g/mol. The number of phosphoric acid groups is 2. The number of aliphatic hydroxyl groups excluding tert-OH is 5. The van der Waals surface area contributed by atoms with Gasteiger partial charge in [-0.25, -0.2) is 13.9 Å². The van der Waals surface area contributed by atoms with Crippen LogP contribution in [0.3, 0.4) is 0 Å². The number of rotatable bonds is 13. The van der Waals surface area contributed by atoms with Gasteiger partial charge in [0.25, 0.3) is 5.56 Å². The number of ether oxygens (including phenoxy) is 2. The molecule has 2 aliphatic rings. The third kappa shape index (κ3) is 10.0. The Morgan fingerprint density at radius 2 is 1.56 bits per heavy atom. The van der Waals surface area contributed by atoms with Gasteiger partial charge < -0.3 is 54.8 Å². The number of aromatic amines is 1. The molecular formula is C21H39N3O17P2. The number of nitrogens with one attached hydrogen (secondary N) is 1. The van der Waals surface area contributed by atoms with E-state index in [0.29, 0.717) is 0 Å². The van der Waals surface area contributed by atoms with Crippen LogP contribution in [0.1, 0.15) is 27.0 Å². The molecule has 1 aromatic heterocycles. The Kier molecular flexibility index (Phi) is 13.8. The molecule has 2 fully saturated rings. The van der Waals surface area contributed by atoms with Gasteiger partial charge in [0.1, 0.15) is 43.2 Å². The SMILES string of the molecule is CCN(CC)CC.O=c1ccn([C@@H]2O[C@H](COP(=O)(O)OP(=O)(O)OC[C@@]3(O)O[C@H](CO)[C@@H](O)[C@@H]3O)[C@@H](O)[C@H]2O)c(=O)[nH]1. The lowest BCUT2D eigenvalue weighted by Crippen LogP contribution is -2.46. The van der Waals surface area contributed by atoms with E-state index in [1.54, 1.807) is 0 Å². The van der Waals surface area contributed by atoms with Crippen LogP contribution in [0.5, 0.6) is 0 Å². The molecule has 3 heterocycles. The molecule has 250 valence electrons. The van der Waals surface area contributed by atoms with E-state index in [0.717, 1.165) is 16.8 Å². The third-order valence-electron chi connectivity index (χ3n) is 6.55. The molecule has 43 heavy (non-hydrogen) atoms. The minimum atomic E-state index is -5.51. The Morgan fingerprint density at radius 1 is 0.977 bits per heavy atom. The Bertz CT molecular complexity index is 1240. The number of aromatic nitrogens is 2. The van der Waals surface area contributed by atoms with Crippen LogP contribution in [0.25, 0.3) is 0 Å². The number of H-pyrrole nitrogens is 1. The van der Waals surface area contributed by atoms with Gasteiger partial charge in [-0.3, -0.25) is 23.4 Å². The second-order valence-corrected chi connectivity index (χ2v) is 12.4. The van der Waals surface area contributed by atoms with Crippen LogP contribution in [0, 0.1) is 0 Å². The summed E-state index contributed by atoms with van der Waals surface area (Å²) < 4.78 is 47.7. The zero-order chi connectivity index (χ0) is 32.8. The van der Waals surface area contributed by atoms with Crippen LogP contribution < -0.4 is 11.2 Å². The lowest BCUT2D eigenvalue weighted by atomic mass is 10.1. The molecule has 9 N–H and O–H groups in total. The maximum absolute atomic E-state index is 12.1. The number of hydrogen-bond acceptors (Lipinski definition) is 16. The van der Waals surface area contributed by atoms with Crippen LogP contribution in [0.4, 0.5) is 0 Å². The van der Waals surface area contributed by atoms with E-state index in [2.05, 4.69) is 39.0 Å². The summed E-state index contributed by atoms with van der Waals surface area (Å²) in [6, 6.07) is 0.930. The topological polar surface area (TPSA) is 300 Å². The Hall–Kier alpha value is -1.42. The number of aliphatic hydroxyl groups is 6. The monoisotopic (exact) mass is 667 g/mol. The molecule has 0 bridgehead atoms. The number of hydrogen-bond donors (Lipinski definition) is 9. The van der Waals surface area contributed by atoms with Crippen LogP contribution in [0.15, 0.2) is 21.9 Å². The Labute approximate surface area is 244 Å². The fourth-order valence-corrected chi connectivity index (χ4v) is 6.15. The van der Waals surface area contributed by atoms with Gasteiger partial charge in [0.05, 0.1) is 13.2 Å². The van der Waals surface area contributed by atoms with Crippen LogP contribution in [-0.2, 0) is 32.0 Å². The first kappa shape index (κ1) is 37.8. The first-order valence-corrected chi connectivity index (χ1v) is 16.0. The molecule has 10 atom stereocenters. The first-order valence-electron chi connectivity index (χ1n) is 13.0. The minimum Gasteiger partial charge on any atom is -0.394 e. The summed E-state index contributed by atoms with van der Waals surface area (Å²) in [6.07, 6.45) is -11.0. The molecular weight excluding hydrogens is 628 g/mol. The van der Waals surface area contributed by atoms with Gasteiger partial charge in [0.15, 0.2) is 6.23 Å². The van der Waals surface area contributed by atoms with Crippen molar-refractivity contribution in [3.05, 3.63) is 33.1 Å². The predicted molar refractivity (Wildman–Crippen MR) is 142 cm³/mol. The summed E-state index contributed by atoms with van der Waals surface area (Å²) in [4.78, 5) is 46.7. The highest BCUT2D eigenvalue weighted by Crippen LogP contribution is 2.61. The third-order valence-corrected chi connectivity index (χ3v) is 9.13. The Morgan fingerprint density at radius 3 is 2.05 bits per heavy atom. The minimum absolute atomic E-state index is 0.725. The van der Waals surface area contributed by atoms with Crippen molar-refractivity contribution in [1.82, 2.24) is 14.5 Å². The zero-order valence-electron chi connectivity index (χ0n) is 23.5. The summed E-state index contributed by atoms with van der Waals surface area (Å²) in [5.74, 6) is -2.79. The predicted octanol–water partition coefficient (Wildman–Crippen LogP) is -3.44. The van der Waals surface area contributed by atoms with Gasteiger partial charge in [-0.1, -0.05) is 20.8 Å². The van der Waals surface area contributed by atoms with E-state index in [1.165, 1.54) is 19.6 Å². The van der Waals surface area contributed by atoms with Crippen molar-refractivity contribution in [2.45, 2.75) is 69.4 Å². The molecule has 0 aliphatic carbocycles. The molecule has 0 spiro atoms. The maximum Gasteiger partial charge on any atom is 0.481 e. The van der Waals surface area contributed by atoms with E-state index in [9.17, 15) is 54.0 Å². The van der Waals surface area contributed by atoms with Gasteiger partial charge in [0, 0.05) is 12.3 Å². The second kappa shape index (κ2) is 15.7. The standard InChI is InChI=1S/C15H24N2O17P2.C6H15N/c18-3-6-10(21)12(23)15(25,33-6)5-31-36(28,29)34-35(26,27)30-4-7-9(20)11(22)13(32-7)17-2-1-8(19)16-14(17)24;1-4-7(5-2)6-3/h1-2,6-7,9-13,18,20-23,25H,3-5H2,(H,26,27)(H,28,29)(H,16,19,24);4-6H2,1-3H3/t6-,7-,9-,10-,11-,12+,13-,15-;/m1./s1. The highest BCUT2D eigenvalue weighted by Gasteiger charge is 2.55.